The number of aromatic amines is 1. The van der Waals surface area contributed by atoms with Crippen LogP contribution in [0.15, 0.2) is 24.3 Å². The van der Waals surface area contributed by atoms with E-state index >= 15 is 0 Å². The maximum atomic E-state index is 11.0. The number of nitrogens with one attached hydrogen (secondary N) is 1. The molecular formula is C20H23F3N4O5. The largest absolute Gasteiger partial charge is 0.490 e. The molecule has 4 rings (SSSR count). The number of nitrogens with zero attached hydrogens (tertiary/aromatic N) is 3. The summed E-state index contributed by atoms with van der Waals surface area (Å²) in [6, 6.07) is 8.86. The zero-order chi connectivity index (χ0) is 23.3. The number of carboxylic acid groups (broad SMARTS) is 2. The van der Waals surface area contributed by atoms with Gasteiger partial charge >= 0.3 is 18.1 Å². The van der Waals surface area contributed by atoms with Crippen LogP contribution in [0.25, 0.3) is 0 Å². The minimum Gasteiger partial charge on any atom is -0.476 e. The average molecular weight is 456 g/mol. The van der Waals surface area contributed by atoms with Crippen LogP contribution < -0.4 is 9.64 Å². The Hall–Kier alpha value is -3.31. The van der Waals surface area contributed by atoms with Crippen LogP contribution in [0.2, 0.25) is 0 Å². The summed E-state index contributed by atoms with van der Waals surface area (Å²) in [5.74, 6) is -3.33. The second-order valence-electron chi connectivity index (χ2n) is 7.65. The number of aliphatic carboxylic acids is 1. The quantitative estimate of drug-likeness (QED) is 0.624. The predicted octanol–water partition coefficient (Wildman–Crippen LogP) is 3.45. The molecular weight excluding hydrogens is 433 g/mol. The summed E-state index contributed by atoms with van der Waals surface area (Å²) in [4.78, 5) is 22.4. The lowest BCUT2D eigenvalue weighted by Gasteiger charge is -2.35. The number of aromatic carboxylic acids is 1. The third-order valence-corrected chi connectivity index (χ3v) is 5.43. The van der Waals surface area contributed by atoms with Gasteiger partial charge in [0.05, 0.1) is 0 Å². The number of carbonyl (C=O) groups is 2. The van der Waals surface area contributed by atoms with E-state index in [-0.39, 0.29) is 17.7 Å². The molecule has 2 fully saturated rings. The molecule has 0 bridgehead atoms. The highest BCUT2D eigenvalue weighted by molar-refractivity contribution is 5.87. The van der Waals surface area contributed by atoms with Crippen LogP contribution in [0, 0.1) is 0 Å². The van der Waals surface area contributed by atoms with Crippen molar-refractivity contribution >= 4 is 17.6 Å². The maximum absolute atomic E-state index is 11.0. The number of aromatic nitrogens is 3. The molecule has 0 radical (unpaired) electrons. The minimum absolute atomic E-state index is 0.00466. The molecule has 2 aliphatic rings. The van der Waals surface area contributed by atoms with Crippen molar-refractivity contribution in [2.75, 3.05) is 18.0 Å². The SMILES string of the molecule is O=C(O)C(F)(F)F.O=C(O)c1[nH]nnc1OC1CC(c2ccc(N3CCCCC3)cc2)C1. The standard InChI is InChI=1S/C18H22N4O3.C2HF3O2/c23-18(24)16-17(20-21-19-16)25-15-10-13(11-15)12-4-6-14(7-5-12)22-8-2-1-3-9-22;3-2(4,5)1(6)7/h4-7,13,15H,1-3,8-11H2,(H,23,24)(H,19,20,21);(H,6,7). The van der Waals surface area contributed by atoms with Crippen LogP contribution in [0.5, 0.6) is 5.88 Å². The number of carboxylic acids is 2. The minimum atomic E-state index is -5.08. The Morgan fingerprint density at radius 3 is 2.19 bits per heavy atom. The molecule has 0 amide bonds. The van der Waals surface area contributed by atoms with Crippen LogP contribution in [-0.4, -0.2) is 62.9 Å². The first-order valence-corrected chi connectivity index (χ1v) is 10.1. The number of piperidine rings is 1. The number of halogens is 3. The highest BCUT2D eigenvalue weighted by atomic mass is 19.4. The third-order valence-electron chi connectivity index (χ3n) is 5.43. The number of anilines is 1. The third kappa shape index (κ3) is 5.89. The molecule has 2 aromatic rings. The summed E-state index contributed by atoms with van der Waals surface area (Å²) in [6.07, 6.45) is 0.556. The zero-order valence-corrected chi connectivity index (χ0v) is 17.0. The van der Waals surface area contributed by atoms with Crippen LogP contribution in [0.3, 0.4) is 0 Å². The molecule has 2 heterocycles. The van der Waals surface area contributed by atoms with Crippen LogP contribution >= 0.6 is 0 Å². The topological polar surface area (TPSA) is 129 Å². The first-order valence-electron chi connectivity index (χ1n) is 10.1. The molecule has 12 heteroatoms. The van der Waals surface area contributed by atoms with Crippen LogP contribution in [0.1, 0.15) is 54.1 Å². The van der Waals surface area contributed by atoms with Crippen LogP contribution in [0.4, 0.5) is 18.9 Å². The summed E-state index contributed by atoms with van der Waals surface area (Å²) >= 11 is 0. The van der Waals surface area contributed by atoms with Crippen molar-refractivity contribution < 1.29 is 37.7 Å². The molecule has 1 saturated carbocycles. The Balaban J connectivity index is 0.000000360. The average Bonchev–Trinajstić information content (AvgIpc) is 3.20. The molecule has 1 aliphatic heterocycles. The van der Waals surface area contributed by atoms with Crippen molar-refractivity contribution in [1.29, 1.82) is 0 Å². The smallest absolute Gasteiger partial charge is 0.476 e. The van der Waals surface area contributed by atoms with Crippen molar-refractivity contribution in [3.8, 4) is 5.88 Å². The molecule has 0 atom stereocenters. The van der Waals surface area contributed by atoms with E-state index in [0.717, 1.165) is 25.9 Å². The van der Waals surface area contributed by atoms with E-state index in [1.807, 2.05) is 0 Å². The number of alkyl halides is 3. The molecule has 1 aromatic carbocycles. The number of ether oxygens (including phenoxy) is 1. The van der Waals surface area contributed by atoms with Gasteiger partial charge < -0.3 is 19.8 Å². The first kappa shape index (κ1) is 23.4. The van der Waals surface area contributed by atoms with Gasteiger partial charge in [-0.05, 0) is 55.7 Å². The van der Waals surface area contributed by atoms with Crippen molar-refractivity contribution in [3.63, 3.8) is 0 Å². The highest BCUT2D eigenvalue weighted by Crippen LogP contribution is 2.39. The van der Waals surface area contributed by atoms with E-state index in [1.165, 1.54) is 30.5 Å². The van der Waals surface area contributed by atoms with E-state index in [2.05, 4.69) is 44.6 Å². The normalized spacial score (nSPS) is 20.5. The number of hydrogen-bond donors (Lipinski definition) is 3. The predicted molar refractivity (Wildman–Crippen MR) is 106 cm³/mol. The lowest BCUT2D eigenvalue weighted by molar-refractivity contribution is -0.192. The lowest BCUT2D eigenvalue weighted by atomic mass is 9.77. The van der Waals surface area contributed by atoms with Gasteiger partial charge in [-0.2, -0.15) is 13.2 Å². The second kappa shape index (κ2) is 9.88. The van der Waals surface area contributed by atoms with Gasteiger partial charge in [0.2, 0.25) is 5.69 Å². The van der Waals surface area contributed by atoms with E-state index in [4.69, 9.17) is 19.7 Å². The summed E-state index contributed by atoms with van der Waals surface area (Å²) in [7, 11) is 0. The van der Waals surface area contributed by atoms with E-state index < -0.39 is 18.1 Å². The molecule has 1 aliphatic carbocycles. The van der Waals surface area contributed by atoms with Gasteiger partial charge in [0.1, 0.15) is 6.10 Å². The van der Waals surface area contributed by atoms with E-state index in [9.17, 15) is 18.0 Å². The Labute approximate surface area is 181 Å². The molecule has 0 unspecified atom stereocenters. The maximum Gasteiger partial charge on any atom is 0.490 e. The zero-order valence-electron chi connectivity index (χ0n) is 17.0. The second-order valence-corrected chi connectivity index (χ2v) is 7.65. The van der Waals surface area contributed by atoms with Crippen molar-refractivity contribution in [1.82, 2.24) is 15.4 Å². The van der Waals surface area contributed by atoms with Crippen molar-refractivity contribution in [2.45, 2.75) is 50.3 Å². The van der Waals surface area contributed by atoms with Crippen molar-refractivity contribution in [2.24, 2.45) is 0 Å². The molecule has 174 valence electrons. The fourth-order valence-corrected chi connectivity index (χ4v) is 3.64. The summed E-state index contributed by atoms with van der Waals surface area (Å²) in [6.45, 7) is 2.31. The number of H-pyrrole nitrogens is 1. The highest BCUT2D eigenvalue weighted by Gasteiger charge is 2.38. The van der Waals surface area contributed by atoms with Crippen LogP contribution in [-0.2, 0) is 4.79 Å². The fourth-order valence-electron chi connectivity index (χ4n) is 3.64. The van der Waals surface area contributed by atoms with E-state index in [0.29, 0.717) is 5.92 Å². The molecule has 32 heavy (non-hydrogen) atoms. The number of hydrogen-bond acceptors (Lipinski definition) is 6. The molecule has 1 aromatic heterocycles. The Morgan fingerprint density at radius 2 is 1.66 bits per heavy atom. The van der Waals surface area contributed by atoms with Crippen molar-refractivity contribution in [3.05, 3.63) is 35.5 Å². The summed E-state index contributed by atoms with van der Waals surface area (Å²) in [5, 5.41) is 25.7. The Morgan fingerprint density at radius 1 is 1.06 bits per heavy atom. The van der Waals surface area contributed by atoms with Gasteiger partial charge in [0.15, 0.2) is 0 Å². The Kier molecular flexibility index (Phi) is 7.21. The number of benzene rings is 1. The molecule has 1 saturated heterocycles. The molecule has 0 spiro atoms. The fraction of sp³-hybridized carbons (Fsp3) is 0.500. The Bertz CT molecular complexity index is 920. The summed E-state index contributed by atoms with van der Waals surface area (Å²) in [5.41, 5.74) is 2.54. The van der Waals surface area contributed by atoms with Gasteiger partial charge in [0, 0.05) is 18.8 Å². The van der Waals surface area contributed by atoms with Gasteiger partial charge in [0.25, 0.3) is 5.88 Å². The molecule has 3 N–H and O–H groups in total. The lowest BCUT2D eigenvalue weighted by Crippen LogP contribution is -2.33. The van der Waals surface area contributed by atoms with Gasteiger partial charge in [-0.15, -0.1) is 0 Å². The summed E-state index contributed by atoms with van der Waals surface area (Å²) < 4.78 is 37.4. The first-order chi connectivity index (χ1) is 15.1. The van der Waals surface area contributed by atoms with Gasteiger partial charge in [-0.3, -0.25) is 0 Å². The monoisotopic (exact) mass is 456 g/mol. The van der Waals surface area contributed by atoms with E-state index in [1.54, 1.807) is 0 Å². The number of rotatable bonds is 5. The van der Waals surface area contributed by atoms with Gasteiger partial charge in [-0.25, -0.2) is 14.7 Å². The molecule has 9 nitrogen and oxygen atoms in total. The van der Waals surface area contributed by atoms with Gasteiger partial charge in [-0.1, -0.05) is 22.4 Å².